The Bertz CT molecular complexity index is 1170. The Kier molecular flexibility index (Phi) is 6.80. The van der Waals surface area contributed by atoms with Gasteiger partial charge in [-0.15, -0.1) is 10.2 Å². The number of thioether (sulfide) groups is 1. The lowest BCUT2D eigenvalue weighted by Gasteiger charge is -2.27. The normalized spacial score (nSPS) is 14.3. The van der Waals surface area contributed by atoms with Gasteiger partial charge in [-0.05, 0) is 55.7 Å². The van der Waals surface area contributed by atoms with Gasteiger partial charge >= 0.3 is 0 Å². The molecule has 0 atom stereocenters. The molecule has 0 aliphatic carbocycles. The first-order valence-electron chi connectivity index (χ1n) is 10.4. The fraction of sp³-hybridized carbons (Fsp3) is 0.318. The number of anilines is 2. The molecule has 1 aliphatic heterocycles. The molecule has 2 heterocycles. The Morgan fingerprint density at radius 1 is 1.00 bits per heavy atom. The maximum absolute atomic E-state index is 12.7. The molecule has 168 valence electrons. The van der Waals surface area contributed by atoms with Gasteiger partial charge in [-0.2, -0.15) is 0 Å². The minimum absolute atomic E-state index is 0.0666. The molecule has 0 unspecified atom stereocenters. The first-order chi connectivity index (χ1) is 15.4. The van der Waals surface area contributed by atoms with E-state index in [4.69, 9.17) is 0 Å². The van der Waals surface area contributed by atoms with Crippen molar-refractivity contribution in [3.05, 3.63) is 60.2 Å². The SMILES string of the molecule is CS(=O)(=O)Nc1ccc(C(=O)CSc2nnc(N3CCCCC3)n2-c2ccccc2)cc1. The molecular weight excluding hydrogens is 446 g/mol. The molecule has 4 rings (SSSR count). The van der Waals surface area contributed by atoms with E-state index in [1.165, 1.54) is 18.2 Å². The van der Waals surface area contributed by atoms with Crippen LogP contribution in [0.1, 0.15) is 29.6 Å². The van der Waals surface area contributed by atoms with Gasteiger partial charge in [0.1, 0.15) is 0 Å². The molecule has 32 heavy (non-hydrogen) atoms. The summed E-state index contributed by atoms with van der Waals surface area (Å²) >= 11 is 1.35. The Morgan fingerprint density at radius 3 is 2.34 bits per heavy atom. The number of benzene rings is 2. The van der Waals surface area contributed by atoms with Gasteiger partial charge in [-0.3, -0.25) is 14.1 Å². The average Bonchev–Trinajstić information content (AvgIpc) is 3.22. The summed E-state index contributed by atoms with van der Waals surface area (Å²) in [5.41, 5.74) is 1.90. The van der Waals surface area contributed by atoms with Gasteiger partial charge in [-0.25, -0.2) is 8.42 Å². The highest BCUT2D eigenvalue weighted by molar-refractivity contribution is 7.99. The summed E-state index contributed by atoms with van der Waals surface area (Å²) in [6, 6.07) is 16.3. The number of para-hydroxylation sites is 1. The van der Waals surface area contributed by atoms with E-state index in [-0.39, 0.29) is 11.5 Å². The molecule has 1 aliphatic rings. The summed E-state index contributed by atoms with van der Waals surface area (Å²) in [5.74, 6) is 0.939. The van der Waals surface area contributed by atoms with Crippen LogP contribution in [0.15, 0.2) is 59.8 Å². The third-order valence-electron chi connectivity index (χ3n) is 5.11. The predicted molar refractivity (Wildman–Crippen MR) is 127 cm³/mol. The number of carbonyl (C=O) groups is 1. The number of hydrogen-bond acceptors (Lipinski definition) is 7. The number of hydrogen-bond donors (Lipinski definition) is 1. The Morgan fingerprint density at radius 2 is 1.69 bits per heavy atom. The van der Waals surface area contributed by atoms with Gasteiger partial charge in [-0.1, -0.05) is 30.0 Å². The van der Waals surface area contributed by atoms with Crippen molar-refractivity contribution in [1.29, 1.82) is 0 Å². The van der Waals surface area contributed by atoms with E-state index in [1.54, 1.807) is 24.3 Å². The van der Waals surface area contributed by atoms with Gasteiger partial charge in [0.15, 0.2) is 10.9 Å². The summed E-state index contributed by atoms with van der Waals surface area (Å²) in [7, 11) is -3.36. The van der Waals surface area contributed by atoms with Gasteiger partial charge in [0.05, 0.1) is 17.7 Å². The van der Waals surface area contributed by atoms with E-state index in [1.807, 2.05) is 34.9 Å². The molecule has 1 fully saturated rings. The molecule has 0 bridgehead atoms. The number of rotatable bonds is 8. The number of aromatic nitrogens is 3. The number of nitrogens with zero attached hydrogens (tertiary/aromatic N) is 4. The number of nitrogens with one attached hydrogen (secondary N) is 1. The second-order valence-corrected chi connectivity index (χ2v) is 10.4. The van der Waals surface area contributed by atoms with Crippen LogP contribution < -0.4 is 9.62 Å². The summed E-state index contributed by atoms with van der Waals surface area (Å²) in [4.78, 5) is 15.0. The fourth-order valence-corrected chi connectivity index (χ4v) is 5.01. The number of carbonyl (C=O) groups excluding carboxylic acids is 1. The van der Waals surface area contributed by atoms with Crippen molar-refractivity contribution in [1.82, 2.24) is 14.8 Å². The number of sulfonamides is 1. The Hall–Kier alpha value is -2.85. The van der Waals surface area contributed by atoms with Crippen LogP contribution in [0, 0.1) is 0 Å². The van der Waals surface area contributed by atoms with E-state index >= 15 is 0 Å². The second kappa shape index (κ2) is 9.74. The van der Waals surface area contributed by atoms with Gasteiger partial charge in [0, 0.05) is 24.3 Å². The highest BCUT2D eigenvalue weighted by Gasteiger charge is 2.22. The van der Waals surface area contributed by atoms with Crippen molar-refractivity contribution in [2.24, 2.45) is 0 Å². The fourth-order valence-electron chi connectivity index (χ4n) is 3.61. The maximum atomic E-state index is 12.7. The van der Waals surface area contributed by atoms with Crippen LogP contribution in [-0.4, -0.2) is 54.1 Å². The first-order valence-corrected chi connectivity index (χ1v) is 13.3. The molecule has 1 aromatic heterocycles. The first kappa shape index (κ1) is 22.3. The lowest BCUT2D eigenvalue weighted by molar-refractivity contribution is 0.102. The van der Waals surface area contributed by atoms with Gasteiger partial charge < -0.3 is 4.90 Å². The molecular formula is C22H25N5O3S2. The van der Waals surface area contributed by atoms with Crippen LogP contribution in [0.4, 0.5) is 11.6 Å². The van der Waals surface area contributed by atoms with Crippen molar-refractivity contribution < 1.29 is 13.2 Å². The number of ketones is 1. The quantitative estimate of drug-likeness (QED) is 0.396. The van der Waals surface area contributed by atoms with E-state index in [0.717, 1.165) is 43.8 Å². The van der Waals surface area contributed by atoms with Crippen LogP contribution in [0.25, 0.3) is 5.69 Å². The van der Waals surface area contributed by atoms with Crippen molar-refractivity contribution in [3.63, 3.8) is 0 Å². The van der Waals surface area contributed by atoms with E-state index in [2.05, 4.69) is 19.8 Å². The molecule has 10 heteroatoms. The molecule has 1 saturated heterocycles. The molecule has 8 nitrogen and oxygen atoms in total. The van der Waals surface area contributed by atoms with Crippen LogP contribution in [0.3, 0.4) is 0 Å². The number of Topliss-reactive ketones (excluding diaryl/α,β-unsaturated/α-hetero) is 1. The second-order valence-electron chi connectivity index (χ2n) is 7.66. The third-order valence-corrected chi connectivity index (χ3v) is 6.65. The van der Waals surface area contributed by atoms with Crippen molar-refractivity contribution in [2.75, 3.05) is 34.7 Å². The van der Waals surface area contributed by atoms with Crippen molar-refractivity contribution >= 4 is 39.2 Å². The Labute approximate surface area is 192 Å². The molecule has 0 amide bonds. The molecule has 1 N–H and O–H groups in total. The lowest BCUT2D eigenvalue weighted by atomic mass is 10.1. The van der Waals surface area contributed by atoms with Crippen LogP contribution in [0.5, 0.6) is 0 Å². The average molecular weight is 472 g/mol. The van der Waals surface area contributed by atoms with E-state index in [9.17, 15) is 13.2 Å². The zero-order valence-electron chi connectivity index (χ0n) is 17.8. The van der Waals surface area contributed by atoms with Crippen molar-refractivity contribution in [2.45, 2.75) is 24.4 Å². The molecule has 0 saturated carbocycles. The third kappa shape index (κ3) is 5.49. The molecule has 2 aromatic carbocycles. The van der Waals surface area contributed by atoms with Crippen LogP contribution in [-0.2, 0) is 10.0 Å². The highest BCUT2D eigenvalue weighted by atomic mass is 32.2. The predicted octanol–water partition coefficient (Wildman–Crippen LogP) is 3.60. The standard InChI is InChI=1S/C22H25N5O3S2/c1-32(29,30)25-18-12-10-17(11-13-18)20(28)16-31-22-24-23-21(26-14-6-3-7-15-26)27(22)19-8-4-2-5-9-19/h2,4-5,8-13,25H,3,6-7,14-16H2,1H3. The van der Waals surface area contributed by atoms with E-state index in [0.29, 0.717) is 16.4 Å². The van der Waals surface area contributed by atoms with Gasteiger partial charge in [0.2, 0.25) is 16.0 Å². The topological polar surface area (TPSA) is 97.2 Å². The summed E-state index contributed by atoms with van der Waals surface area (Å²) in [5, 5.41) is 9.51. The zero-order chi connectivity index (χ0) is 22.6. The zero-order valence-corrected chi connectivity index (χ0v) is 19.4. The maximum Gasteiger partial charge on any atom is 0.232 e. The smallest absolute Gasteiger partial charge is 0.232 e. The number of piperidine rings is 1. The monoisotopic (exact) mass is 471 g/mol. The highest BCUT2D eigenvalue weighted by Crippen LogP contribution is 2.28. The summed E-state index contributed by atoms with van der Waals surface area (Å²) in [6.07, 6.45) is 4.58. The molecule has 0 spiro atoms. The van der Waals surface area contributed by atoms with Crippen LogP contribution >= 0.6 is 11.8 Å². The van der Waals surface area contributed by atoms with E-state index < -0.39 is 10.0 Å². The molecule has 0 radical (unpaired) electrons. The summed E-state index contributed by atoms with van der Waals surface area (Å²) < 4.78 is 27.1. The van der Waals surface area contributed by atoms with Crippen molar-refractivity contribution in [3.8, 4) is 5.69 Å². The minimum Gasteiger partial charge on any atom is -0.341 e. The van der Waals surface area contributed by atoms with Crippen LogP contribution in [0.2, 0.25) is 0 Å². The Balaban J connectivity index is 1.51. The largest absolute Gasteiger partial charge is 0.341 e. The molecule has 3 aromatic rings. The lowest BCUT2D eigenvalue weighted by Crippen LogP contribution is -2.31. The van der Waals surface area contributed by atoms with Gasteiger partial charge in [0.25, 0.3) is 0 Å². The minimum atomic E-state index is -3.36. The summed E-state index contributed by atoms with van der Waals surface area (Å²) in [6.45, 7) is 1.89.